The molecule has 0 unspecified atom stereocenters. The van der Waals surface area contributed by atoms with Crippen molar-refractivity contribution in [3.8, 4) is 0 Å². The summed E-state index contributed by atoms with van der Waals surface area (Å²) in [4.78, 5) is 0. The fourth-order valence-corrected chi connectivity index (χ4v) is 1.25. The zero-order valence-electron chi connectivity index (χ0n) is 6.99. The van der Waals surface area contributed by atoms with Gasteiger partial charge in [0, 0.05) is 0 Å². The second-order valence-corrected chi connectivity index (χ2v) is 3.53. The molecule has 0 N–H and O–H groups in total. The molecule has 0 amide bonds. The van der Waals surface area contributed by atoms with E-state index in [9.17, 15) is 0 Å². The molecule has 0 bridgehead atoms. The molecule has 0 aliphatic heterocycles. The summed E-state index contributed by atoms with van der Waals surface area (Å²) >= 11 is 3.62. The van der Waals surface area contributed by atoms with E-state index in [-0.39, 0.29) is 0 Å². The number of hydrogen-bond acceptors (Lipinski definition) is 0. The molecular formula is C8H15IZn. The fraction of sp³-hybridized carbons (Fsp3) is 0.875. The van der Waals surface area contributed by atoms with Crippen LogP contribution < -0.4 is 0 Å². The van der Waals surface area contributed by atoms with E-state index in [0.29, 0.717) is 5.41 Å². The standard InChI is InChI=1S/C8H15.HI.Zn/c1-8(2)6-4-3-5-7-8;;/h3H,4-7H2,1-2H3;1H;/q-1;;+2/p-1. The summed E-state index contributed by atoms with van der Waals surface area (Å²) in [5.41, 5.74) is 0.648. The van der Waals surface area contributed by atoms with Gasteiger partial charge in [0.2, 0.25) is 0 Å². The molecule has 2 heteroatoms. The summed E-state index contributed by atoms with van der Waals surface area (Å²) in [7, 11) is 0. The van der Waals surface area contributed by atoms with Gasteiger partial charge in [-0.05, 0) is 5.41 Å². The van der Waals surface area contributed by atoms with Crippen LogP contribution in [0.2, 0.25) is 0 Å². The fourth-order valence-electron chi connectivity index (χ4n) is 1.25. The van der Waals surface area contributed by atoms with Gasteiger partial charge in [0.1, 0.15) is 0 Å². The van der Waals surface area contributed by atoms with Crippen LogP contribution in [-0.2, 0) is 14.8 Å². The Hall–Kier alpha value is 1.35. The van der Waals surface area contributed by atoms with Gasteiger partial charge in [0.25, 0.3) is 0 Å². The maximum atomic E-state index is 2.41. The van der Waals surface area contributed by atoms with Crippen molar-refractivity contribution in [3.05, 3.63) is 6.42 Å². The molecule has 0 atom stereocenters. The first-order valence-corrected chi connectivity index (χ1v) is 12.8. The zero-order valence-corrected chi connectivity index (χ0v) is 12.1. The Morgan fingerprint density at radius 2 is 1.60 bits per heavy atom. The van der Waals surface area contributed by atoms with Gasteiger partial charge in [-0.15, -0.1) is 0 Å². The van der Waals surface area contributed by atoms with Crippen LogP contribution in [0.3, 0.4) is 0 Å². The molecule has 0 spiro atoms. The molecule has 1 rings (SSSR count). The van der Waals surface area contributed by atoms with E-state index in [4.69, 9.17) is 0 Å². The number of halogens is 1. The minimum absolute atomic E-state index is 0.648. The Labute approximate surface area is 85.4 Å². The molecule has 0 aromatic carbocycles. The third kappa shape index (κ3) is 5.06. The molecule has 10 heavy (non-hydrogen) atoms. The molecule has 0 nitrogen and oxygen atoms in total. The average molecular weight is 304 g/mol. The Balaban J connectivity index is 0.000000371. The van der Waals surface area contributed by atoms with E-state index in [0.717, 1.165) is 0 Å². The number of rotatable bonds is 0. The van der Waals surface area contributed by atoms with Crippen LogP contribution in [0.1, 0.15) is 39.5 Å². The molecule has 0 aromatic heterocycles. The molecule has 1 aliphatic rings. The topological polar surface area (TPSA) is 0 Å². The van der Waals surface area contributed by atoms with E-state index in [1.807, 2.05) is 0 Å². The quantitative estimate of drug-likeness (QED) is 0.364. The summed E-state index contributed by atoms with van der Waals surface area (Å²) in [6.45, 7) is 4.72. The van der Waals surface area contributed by atoms with Gasteiger partial charge in [0.15, 0.2) is 0 Å². The van der Waals surface area contributed by atoms with Crippen molar-refractivity contribution >= 4 is 19.8 Å². The molecule has 56 valence electrons. The molecule has 1 saturated carbocycles. The van der Waals surface area contributed by atoms with Crippen molar-refractivity contribution < 1.29 is 14.8 Å². The van der Waals surface area contributed by atoms with E-state index >= 15 is 0 Å². The van der Waals surface area contributed by atoms with Gasteiger partial charge in [-0.25, -0.2) is 0 Å². The maximum absolute atomic E-state index is 2.41. The average Bonchev–Trinajstić information content (AvgIpc) is 1.92. The first-order chi connectivity index (χ1) is 4.71. The van der Waals surface area contributed by atoms with E-state index in [1.54, 1.807) is 0 Å². The first kappa shape index (κ1) is 11.4. The third-order valence-electron chi connectivity index (χ3n) is 2.05. The monoisotopic (exact) mass is 302 g/mol. The van der Waals surface area contributed by atoms with Crippen LogP contribution in [0.5, 0.6) is 0 Å². The molecule has 1 fully saturated rings. The second kappa shape index (κ2) is 5.94. The van der Waals surface area contributed by atoms with E-state index in [2.05, 4.69) is 40.0 Å². The van der Waals surface area contributed by atoms with Gasteiger partial charge < -0.3 is 6.42 Å². The predicted molar refractivity (Wildman–Crippen MR) is 50.6 cm³/mol. The summed E-state index contributed by atoms with van der Waals surface area (Å²) < 4.78 is 0. The number of hydrogen-bond donors (Lipinski definition) is 0. The Morgan fingerprint density at radius 3 is 1.80 bits per heavy atom. The van der Waals surface area contributed by atoms with Crippen LogP contribution in [0.15, 0.2) is 0 Å². The van der Waals surface area contributed by atoms with Gasteiger partial charge in [-0.3, -0.25) is 0 Å². The molecule has 0 heterocycles. The van der Waals surface area contributed by atoms with Crippen LogP contribution >= 0.6 is 19.8 Å². The van der Waals surface area contributed by atoms with E-state index < -0.39 is 0 Å². The summed E-state index contributed by atoms with van der Waals surface area (Å²) in [6, 6.07) is 0. The van der Waals surface area contributed by atoms with Crippen LogP contribution in [0, 0.1) is 11.8 Å². The first-order valence-electron chi connectivity index (χ1n) is 3.79. The Kier molecular flexibility index (Phi) is 6.74. The van der Waals surface area contributed by atoms with Crippen LogP contribution in [0.25, 0.3) is 0 Å². The summed E-state index contributed by atoms with van der Waals surface area (Å²) in [5, 5.41) is 0. The van der Waals surface area contributed by atoms with E-state index in [1.165, 1.54) is 40.5 Å². The molecule has 0 aromatic rings. The predicted octanol–water partition coefficient (Wildman–Crippen LogP) is 3.67. The van der Waals surface area contributed by atoms with Crippen LogP contribution in [0.4, 0.5) is 0 Å². The van der Waals surface area contributed by atoms with Gasteiger partial charge in [0.05, 0.1) is 0 Å². The van der Waals surface area contributed by atoms with Crippen molar-refractivity contribution in [1.82, 2.24) is 0 Å². The normalized spacial score (nSPS) is 22.9. The van der Waals surface area contributed by atoms with Gasteiger partial charge in [-0.2, -0.15) is 12.8 Å². The summed E-state index contributed by atoms with van der Waals surface area (Å²) in [5.74, 6) is 0. The Bertz CT molecular complexity index is 73.3. The molecule has 0 saturated heterocycles. The van der Waals surface area contributed by atoms with Crippen molar-refractivity contribution in [2.24, 2.45) is 5.41 Å². The van der Waals surface area contributed by atoms with Crippen molar-refractivity contribution in [2.45, 2.75) is 39.5 Å². The molecule has 0 radical (unpaired) electrons. The van der Waals surface area contributed by atoms with Crippen molar-refractivity contribution in [3.63, 3.8) is 0 Å². The SMILES string of the molecule is CC1(C)CC[CH-]CC1.[Zn+][I]. The third-order valence-corrected chi connectivity index (χ3v) is 2.05. The molecular weight excluding hydrogens is 288 g/mol. The zero-order chi connectivity index (χ0) is 8.04. The summed E-state index contributed by atoms with van der Waals surface area (Å²) in [6.07, 6.45) is 7.88. The van der Waals surface area contributed by atoms with Crippen molar-refractivity contribution in [1.29, 1.82) is 0 Å². The van der Waals surface area contributed by atoms with Gasteiger partial charge >= 0.3 is 34.5 Å². The van der Waals surface area contributed by atoms with Crippen LogP contribution in [-0.4, -0.2) is 0 Å². The van der Waals surface area contributed by atoms with Crippen molar-refractivity contribution in [2.75, 3.05) is 0 Å². The Morgan fingerprint density at radius 1 is 1.20 bits per heavy atom. The van der Waals surface area contributed by atoms with Gasteiger partial charge in [-0.1, -0.05) is 26.7 Å². The minimum atomic E-state index is 0.648. The second-order valence-electron chi connectivity index (χ2n) is 3.53. The molecule has 1 aliphatic carbocycles.